The molecule has 1 aliphatic rings. The van der Waals surface area contributed by atoms with Crippen LogP contribution in [0.1, 0.15) is 43.5 Å². The van der Waals surface area contributed by atoms with Crippen LogP contribution in [0.4, 0.5) is 0 Å². The van der Waals surface area contributed by atoms with E-state index in [0.29, 0.717) is 12.5 Å². The number of rotatable bonds is 7. The van der Waals surface area contributed by atoms with Crippen LogP contribution in [-0.4, -0.2) is 41.2 Å². The van der Waals surface area contributed by atoms with Crippen molar-refractivity contribution in [3.63, 3.8) is 0 Å². The molecule has 8 nitrogen and oxygen atoms in total. The minimum atomic E-state index is -4.12. The van der Waals surface area contributed by atoms with E-state index in [2.05, 4.69) is 29.2 Å². The van der Waals surface area contributed by atoms with Crippen molar-refractivity contribution in [2.24, 2.45) is 5.92 Å². The summed E-state index contributed by atoms with van der Waals surface area (Å²) in [6.07, 6.45) is 4.24. The number of nitrogens with one attached hydrogen (secondary N) is 2. The summed E-state index contributed by atoms with van der Waals surface area (Å²) in [5.74, 6) is -0.328. The van der Waals surface area contributed by atoms with Crippen LogP contribution in [-0.2, 0) is 16.6 Å². The molecule has 0 radical (unpaired) electrons. The van der Waals surface area contributed by atoms with Gasteiger partial charge < -0.3 is 5.32 Å². The first-order chi connectivity index (χ1) is 13.6. The van der Waals surface area contributed by atoms with Crippen molar-refractivity contribution in [2.75, 3.05) is 6.54 Å². The van der Waals surface area contributed by atoms with E-state index >= 15 is 0 Å². The van der Waals surface area contributed by atoms with Crippen molar-refractivity contribution in [3.8, 4) is 0 Å². The number of halogens is 2. The van der Waals surface area contributed by atoms with Crippen LogP contribution in [0, 0.1) is 5.92 Å². The Balaban J connectivity index is 1.64. The number of carbonyl (C=O) groups excluding carboxylic acids is 1. The first kappa shape index (κ1) is 22.0. The predicted octanol–water partition coefficient (Wildman–Crippen LogP) is 2.87. The zero-order valence-electron chi connectivity index (χ0n) is 16.2. The molecule has 1 atom stereocenters. The van der Waals surface area contributed by atoms with Crippen LogP contribution in [0.5, 0.6) is 0 Å². The molecule has 29 heavy (non-hydrogen) atoms. The van der Waals surface area contributed by atoms with Crippen molar-refractivity contribution in [1.29, 1.82) is 0 Å². The number of sulfonamides is 1. The number of pyridine rings is 1. The summed E-state index contributed by atoms with van der Waals surface area (Å²) in [6.45, 7) is 5.76. The topological polar surface area (TPSA) is 106 Å². The number of aryl methyl sites for hydroxylation is 1. The Hall–Kier alpha value is -1.68. The van der Waals surface area contributed by atoms with Gasteiger partial charge in [-0.2, -0.15) is 13.5 Å². The molecule has 2 aromatic rings. The lowest BCUT2D eigenvalue weighted by Crippen LogP contribution is -2.32. The first-order valence-electron chi connectivity index (χ1n) is 9.23. The van der Waals surface area contributed by atoms with Gasteiger partial charge >= 0.3 is 0 Å². The standard InChI is InChI=1S/C18H23Cl2N5O3S/c1-18(2)10-12(11-21-18)4-3-9-25-15(7-8-22-25)29(27,28)24-17(26)13-5-6-14(19)23-16(13)20/h5-8,12,21H,3-4,9-11H2,1-2H3,(H,24,26). The van der Waals surface area contributed by atoms with Crippen LogP contribution >= 0.6 is 23.2 Å². The molecular formula is C18H23Cl2N5O3S. The van der Waals surface area contributed by atoms with Crippen molar-refractivity contribution < 1.29 is 13.2 Å². The number of carbonyl (C=O) groups is 1. The quantitative estimate of drug-likeness (QED) is 0.616. The van der Waals surface area contributed by atoms with Crippen molar-refractivity contribution >= 4 is 39.1 Å². The maximum Gasteiger partial charge on any atom is 0.281 e. The van der Waals surface area contributed by atoms with E-state index in [1.165, 1.54) is 29.1 Å². The lowest BCUT2D eigenvalue weighted by atomic mass is 9.94. The number of amides is 1. The van der Waals surface area contributed by atoms with E-state index in [0.717, 1.165) is 25.8 Å². The molecule has 1 unspecified atom stereocenters. The molecule has 0 saturated carbocycles. The average Bonchev–Trinajstić information content (AvgIpc) is 3.21. The Kier molecular flexibility index (Phi) is 6.52. The third-order valence-electron chi connectivity index (χ3n) is 4.89. The van der Waals surface area contributed by atoms with Gasteiger partial charge in [0.15, 0.2) is 5.03 Å². The van der Waals surface area contributed by atoms with Crippen molar-refractivity contribution in [2.45, 2.75) is 50.2 Å². The molecule has 2 aromatic heterocycles. The fourth-order valence-electron chi connectivity index (χ4n) is 3.55. The van der Waals surface area contributed by atoms with E-state index in [-0.39, 0.29) is 26.4 Å². The van der Waals surface area contributed by atoms with Gasteiger partial charge in [-0.05, 0) is 63.8 Å². The molecular weight excluding hydrogens is 437 g/mol. The first-order valence-corrected chi connectivity index (χ1v) is 11.5. The largest absolute Gasteiger partial charge is 0.312 e. The molecule has 0 aromatic carbocycles. The molecule has 0 spiro atoms. The molecule has 1 fully saturated rings. The zero-order chi connectivity index (χ0) is 21.2. The van der Waals surface area contributed by atoms with E-state index in [1.807, 2.05) is 4.72 Å². The molecule has 0 aliphatic carbocycles. The Labute approximate surface area is 180 Å². The number of aromatic nitrogens is 3. The second-order valence-electron chi connectivity index (χ2n) is 7.78. The van der Waals surface area contributed by atoms with E-state index < -0.39 is 15.9 Å². The van der Waals surface area contributed by atoms with E-state index in [9.17, 15) is 13.2 Å². The highest BCUT2D eigenvalue weighted by Crippen LogP contribution is 2.27. The lowest BCUT2D eigenvalue weighted by Gasteiger charge is -2.17. The molecule has 2 N–H and O–H groups in total. The number of nitrogens with zero attached hydrogens (tertiary/aromatic N) is 3. The molecule has 1 saturated heterocycles. The average molecular weight is 460 g/mol. The highest BCUT2D eigenvalue weighted by atomic mass is 35.5. The van der Waals surface area contributed by atoms with Gasteiger partial charge in [0.25, 0.3) is 15.9 Å². The van der Waals surface area contributed by atoms with Crippen LogP contribution in [0.25, 0.3) is 0 Å². The molecule has 3 rings (SSSR count). The SMILES string of the molecule is CC1(C)CC(CCCn2nccc2S(=O)(=O)NC(=O)c2ccc(Cl)nc2Cl)CN1. The van der Waals surface area contributed by atoms with E-state index in [4.69, 9.17) is 23.2 Å². The summed E-state index contributed by atoms with van der Waals surface area (Å²) >= 11 is 11.6. The summed E-state index contributed by atoms with van der Waals surface area (Å²) in [6, 6.07) is 4.03. The smallest absolute Gasteiger partial charge is 0.281 e. The van der Waals surface area contributed by atoms with Crippen LogP contribution in [0.2, 0.25) is 10.3 Å². The van der Waals surface area contributed by atoms with Crippen LogP contribution in [0.3, 0.4) is 0 Å². The van der Waals surface area contributed by atoms with Gasteiger partial charge in [-0.15, -0.1) is 0 Å². The third kappa shape index (κ3) is 5.48. The lowest BCUT2D eigenvalue weighted by molar-refractivity contribution is 0.0981. The summed E-state index contributed by atoms with van der Waals surface area (Å²) < 4.78 is 28.8. The second-order valence-corrected chi connectivity index (χ2v) is 10.2. The molecule has 3 heterocycles. The number of hydrogen-bond acceptors (Lipinski definition) is 6. The van der Waals surface area contributed by atoms with Crippen LogP contribution < -0.4 is 10.0 Å². The molecule has 11 heteroatoms. The Morgan fingerprint density at radius 3 is 2.76 bits per heavy atom. The molecule has 0 bridgehead atoms. The Morgan fingerprint density at radius 2 is 2.10 bits per heavy atom. The summed E-state index contributed by atoms with van der Waals surface area (Å²) in [5, 5.41) is 7.44. The van der Waals surface area contributed by atoms with Gasteiger partial charge in [-0.1, -0.05) is 23.2 Å². The van der Waals surface area contributed by atoms with Gasteiger partial charge in [0.2, 0.25) is 0 Å². The summed E-state index contributed by atoms with van der Waals surface area (Å²) in [4.78, 5) is 16.1. The fraction of sp³-hybridized carbons (Fsp3) is 0.500. The highest BCUT2D eigenvalue weighted by Gasteiger charge is 2.30. The maximum atomic E-state index is 12.7. The van der Waals surface area contributed by atoms with Crippen molar-refractivity contribution in [1.82, 2.24) is 24.8 Å². The molecule has 158 valence electrons. The van der Waals surface area contributed by atoms with Gasteiger partial charge in [-0.3, -0.25) is 9.48 Å². The van der Waals surface area contributed by atoms with Gasteiger partial charge in [0, 0.05) is 12.1 Å². The van der Waals surface area contributed by atoms with E-state index in [1.54, 1.807) is 0 Å². The zero-order valence-corrected chi connectivity index (χ0v) is 18.5. The molecule has 1 amide bonds. The van der Waals surface area contributed by atoms with Gasteiger partial charge in [0.05, 0.1) is 11.8 Å². The Bertz CT molecular complexity index is 1010. The highest BCUT2D eigenvalue weighted by molar-refractivity contribution is 7.90. The van der Waals surface area contributed by atoms with Crippen LogP contribution in [0.15, 0.2) is 29.4 Å². The molecule has 1 aliphatic heterocycles. The third-order valence-corrected chi connectivity index (χ3v) is 6.74. The fourth-order valence-corrected chi connectivity index (χ4v) is 5.09. The minimum Gasteiger partial charge on any atom is -0.312 e. The minimum absolute atomic E-state index is 0.0752. The summed E-state index contributed by atoms with van der Waals surface area (Å²) in [5.41, 5.74) is 0.0643. The monoisotopic (exact) mass is 459 g/mol. The maximum absolute atomic E-state index is 12.7. The van der Waals surface area contributed by atoms with Crippen molar-refractivity contribution in [3.05, 3.63) is 40.3 Å². The summed E-state index contributed by atoms with van der Waals surface area (Å²) in [7, 11) is -4.12. The van der Waals surface area contributed by atoms with Gasteiger partial charge in [0.1, 0.15) is 10.3 Å². The second kappa shape index (κ2) is 8.59. The van der Waals surface area contributed by atoms with Gasteiger partial charge in [-0.25, -0.2) is 9.71 Å². The number of hydrogen-bond donors (Lipinski definition) is 2. The normalized spacial score (nSPS) is 18.7. The predicted molar refractivity (Wildman–Crippen MR) is 111 cm³/mol. The Morgan fingerprint density at radius 1 is 1.34 bits per heavy atom.